The fourth-order valence-electron chi connectivity index (χ4n) is 1.21. The Balaban J connectivity index is 2.16. The highest BCUT2D eigenvalue weighted by atomic mass is 35.5. The van der Waals surface area contributed by atoms with E-state index in [2.05, 4.69) is 4.98 Å². The lowest BCUT2D eigenvalue weighted by Gasteiger charge is -2.03. The fraction of sp³-hybridized carbons (Fsp3) is 0. The van der Waals surface area contributed by atoms with Gasteiger partial charge >= 0.3 is 5.82 Å². The number of hydrogen-bond donors (Lipinski definition) is 0. The first-order chi connectivity index (χ1) is 8.15. The van der Waals surface area contributed by atoms with Crippen LogP contribution in [0.2, 0.25) is 5.02 Å². The molecule has 0 radical (unpaired) electrons. The Morgan fingerprint density at radius 1 is 1.24 bits per heavy atom. The zero-order chi connectivity index (χ0) is 12.3. The topological polar surface area (TPSA) is 65.3 Å². The highest BCUT2D eigenvalue weighted by Gasteiger charge is 2.07. The third-order valence-corrected chi connectivity index (χ3v) is 2.17. The van der Waals surface area contributed by atoms with E-state index in [9.17, 15) is 10.1 Å². The molecule has 1 aromatic carbocycles. The molecule has 2 rings (SSSR count). The Kier molecular flexibility index (Phi) is 3.20. The van der Waals surface area contributed by atoms with Crippen LogP contribution in [0, 0.1) is 10.1 Å². The number of halogens is 1. The summed E-state index contributed by atoms with van der Waals surface area (Å²) in [7, 11) is 0. The van der Waals surface area contributed by atoms with Crippen molar-refractivity contribution in [3.05, 3.63) is 57.7 Å². The van der Waals surface area contributed by atoms with Crippen LogP contribution >= 0.6 is 11.6 Å². The lowest BCUT2D eigenvalue weighted by molar-refractivity contribution is -0.389. The van der Waals surface area contributed by atoms with Gasteiger partial charge in [-0.05, 0) is 34.2 Å². The highest BCUT2D eigenvalue weighted by Crippen LogP contribution is 2.24. The predicted molar refractivity (Wildman–Crippen MR) is 62.4 cm³/mol. The van der Waals surface area contributed by atoms with Crippen molar-refractivity contribution in [2.75, 3.05) is 0 Å². The van der Waals surface area contributed by atoms with Gasteiger partial charge in [0.15, 0.2) is 11.9 Å². The van der Waals surface area contributed by atoms with Crippen molar-refractivity contribution in [2.24, 2.45) is 0 Å². The van der Waals surface area contributed by atoms with Crippen molar-refractivity contribution < 1.29 is 9.66 Å². The standard InChI is InChI=1S/C11H7ClN2O3/c12-8-2-1-3-9(6-8)17-10-4-5-11(13-7-10)14(15)16/h1-7H. The summed E-state index contributed by atoms with van der Waals surface area (Å²) in [6.45, 7) is 0. The fourth-order valence-corrected chi connectivity index (χ4v) is 1.39. The van der Waals surface area contributed by atoms with Gasteiger partial charge in [0, 0.05) is 11.1 Å². The Bertz CT molecular complexity index is 543. The first kappa shape index (κ1) is 11.3. The van der Waals surface area contributed by atoms with Gasteiger partial charge in [0.25, 0.3) is 0 Å². The maximum atomic E-state index is 10.4. The summed E-state index contributed by atoms with van der Waals surface area (Å²) in [4.78, 5) is 13.5. The van der Waals surface area contributed by atoms with Crippen LogP contribution in [-0.2, 0) is 0 Å². The molecule has 0 atom stereocenters. The monoisotopic (exact) mass is 250 g/mol. The van der Waals surface area contributed by atoms with Crippen LogP contribution in [-0.4, -0.2) is 9.91 Å². The Morgan fingerprint density at radius 3 is 2.65 bits per heavy atom. The van der Waals surface area contributed by atoms with Crippen molar-refractivity contribution in [1.29, 1.82) is 0 Å². The molecule has 0 spiro atoms. The van der Waals surface area contributed by atoms with E-state index in [1.54, 1.807) is 24.3 Å². The summed E-state index contributed by atoms with van der Waals surface area (Å²) in [5.41, 5.74) is 0. The summed E-state index contributed by atoms with van der Waals surface area (Å²) < 4.78 is 5.42. The number of nitro groups is 1. The van der Waals surface area contributed by atoms with Crippen LogP contribution in [0.15, 0.2) is 42.6 Å². The summed E-state index contributed by atoms with van der Waals surface area (Å²) in [6.07, 6.45) is 1.29. The second-order valence-electron chi connectivity index (χ2n) is 3.17. The van der Waals surface area contributed by atoms with E-state index < -0.39 is 4.92 Å². The van der Waals surface area contributed by atoms with Crippen molar-refractivity contribution in [3.8, 4) is 11.5 Å². The number of ether oxygens (including phenoxy) is 1. The van der Waals surface area contributed by atoms with Gasteiger partial charge in [-0.15, -0.1) is 0 Å². The normalized spacial score (nSPS) is 9.94. The summed E-state index contributed by atoms with van der Waals surface area (Å²) in [5.74, 6) is 0.745. The molecule has 2 aromatic rings. The molecule has 0 N–H and O–H groups in total. The third kappa shape index (κ3) is 2.92. The van der Waals surface area contributed by atoms with Crippen LogP contribution < -0.4 is 4.74 Å². The van der Waals surface area contributed by atoms with Gasteiger partial charge in [0.05, 0.1) is 0 Å². The van der Waals surface area contributed by atoms with E-state index in [0.29, 0.717) is 16.5 Å². The molecule has 0 amide bonds. The van der Waals surface area contributed by atoms with Gasteiger partial charge in [0.2, 0.25) is 0 Å². The van der Waals surface area contributed by atoms with E-state index in [4.69, 9.17) is 16.3 Å². The van der Waals surface area contributed by atoms with E-state index in [1.807, 2.05) is 0 Å². The van der Waals surface area contributed by atoms with Crippen LogP contribution in [0.25, 0.3) is 0 Å². The second kappa shape index (κ2) is 4.80. The number of rotatable bonds is 3. The van der Waals surface area contributed by atoms with Gasteiger partial charge in [-0.25, -0.2) is 0 Å². The predicted octanol–water partition coefficient (Wildman–Crippen LogP) is 3.44. The maximum absolute atomic E-state index is 10.4. The van der Waals surface area contributed by atoms with Gasteiger partial charge < -0.3 is 14.9 Å². The average molecular weight is 251 g/mol. The molecule has 0 aliphatic heterocycles. The van der Waals surface area contributed by atoms with Crippen molar-refractivity contribution in [2.45, 2.75) is 0 Å². The number of benzene rings is 1. The minimum atomic E-state index is -0.566. The molecule has 1 aromatic heterocycles. The largest absolute Gasteiger partial charge is 0.453 e. The van der Waals surface area contributed by atoms with E-state index in [1.165, 1.54) is 18.3 Å². The molecule has 1 heterocycles. The molecule has 6 heteroatoms. The molecular weight excluding hydrogens is 244 g/mol. The molecule has 0 fully saturated rings. The average Bonchev–Trinajstić information content (AvgIpc) is 2.29. The SMILES string of the molecule is O=[N+]([O-])c1ccc(Oc2cccc(Cl)c2)cn1. The molecule has 0 saturated carbocycles. The smallest absolute Gasteiger partial charge is 0.363 e. The zero-order valence-electron chi connectivity index (χ0n) is 8.54. The van der Waals surface area contributed by atoms with Gasteiger partial charge in [-0.3, -0.25) is 0 Å². The molecule has 86 valence electrons. The summed E-state index contributed by atoms with van der Waals surface area (Å²) >= 11 is 5.79. The zero-order valence-corrected chi connectivity index (χ0v) is 9.29. The van der Waals surface area contributed by atoms with E-state index in [-0.39, 0.29) is 5.82 Å². The number of nitrogens with zero attached hydrogens (tertiary/aromatic N) is 2. The lowest BCUT2D eigenvalue weighted by atomic mass is 10.3. The first-order valence-corrected chi connectivity index (χ1v) is 5.07. The second-order valence-corrected chi connectivity index (χ2v) is 3.61. The van der Waals surface area contributed by atoms with Crippen LogP contribution in [0.4, 0.5) is 5.82 Å². The highest BCUT2D eigenvalue weighted by molar-refractivity contribution is 6.30. The third-order valence-electron chi connectivity index (χ3n) is 1.94. The van der Waals surface area contributed by atoms with E-state index in [0.717, 1.165) is 0 Å². The van der Waals surface area contributed by atoms with Crippen molar-refractivity contribution in [3.63, 3.8) is 0 Å². The molecule has 0 saturated heterocycles. The number of hydrogen-bond acceptors (Lipinski definition) is 4. The summed E-state index contributed by atoms with van der Waals surface area (Å²) in [5, 5.41) is 11.0. The first-order valence-electron chi connectivity index (χ1n) is 4.69. The van der Waals surface area contributed by atoms with Crippen molar-refractivity contribution >= 4 is 17.4 Å². The molecule has 0 aliphatic rings. The molecule has 17 heavy (non-hydrogen) atoms. The van der Waals surface area contributed by atoms with Crippen LogP contribution in [0.1, 0.15) is 0 Å². The van der Waals surface area contributed by atoms with Crippen molar-refractivity contribution in [1.82, 2.24) is 4.98 Å². The van der Waals surface area contributed by atoms with E-state index >= 15 is 0 Å². The molecule has 5 nitrogen and oxygen atoms in total. The van der Waals surface area contributed by atoms with Gasteiger partial charge in [-0.2, -0.15) is 0 Å². The summed E-state index contributed by atoms with van der Waals surface area (Å²) in [6, 6.07) is 9.60. The minimum absolute atomic E-state index is 0.219. The maximum Gasteiger partial charge on any atom is 0.363 e. The molecular formula is C11H7ClN2O3. The van der Waals surface area contributed by atoms with Crippen LogP contribution in [0.5, 0.6) is 11.5 Å². The molecule has 0 unspecified atom stereocenters. The Morgan fingerprint density at radius 2 is 2.06 bits per heavy atom. The lowest BCUT2D eigenvalue weighted by Crippen LogP contribution is -1.92. The van der Waals surface area contributed by atoms with Crippen LogP contribution in [0.3, 0.4) is 0 Å². The molecule has 0 bridgehead atoms. The molecule has 0 aliphatic carbocycles. The van der Waals surface area contributed by atoms with Gasteiger partial charge in [-0.1, -0.05) is 17.7 Å². The minimum Gasteiger partial charge on any atom is -0.453 e. The quantitative estimate of drug-likeness (QED) is 0.618. The number of aromatic nitrogens is 1. The Hall–Kier alpha value is -2.14. The Labute approximate surface area is 102 Å². The van der Waals surface area contributed by atoms with Gasteiger partial charge in [0.1, 0.15) is 5.75 Å². The number of pyridine rings is 1.